The summed E-state index contributed by atoms with van der Waals surface area (Å²) >= 11 is 0. The van der Waals surface area contributed by atoms with Gasteiger partial charge in [-0.05, 0) is 85.3 Å². The highest BCUT2D eigenvalue weighted by Crippen LogP contribution is 2.65. The van der Waals surface area contributed by atoms with E-state index in [4.69, 9.17) is 0 Å². The van der Waals surface area contributed by atoms with Crippen molar-refractivity contribution in [1.29, 1.82) is 0 Å². The molecule has 158 valence electrons. The van der Waals surface area contributed by atoms with Crippen LogP contribution >= 0.6 is 8.15 Å². The van der Waals surface area contributed by atoms with Gasteiger partial charge in [0.15, 0.2) is 0 Å². The Kier molecular flexibility index (Phi) is 4.81. The predicted molar refractivity (Wildman–Crippen MR) is 121 cm³/mol. The average Bonchev–Trinajstić information content (AvgIpc) is 3.66. The van der Waals surface area contributed by atoms with E-state index in [0.717, 1.165) is 31.2 Å². The van der Waals surface area contributed by atoms with Gasteiger partial charge in [-0.2, -0.15) is 0 Å². The Morgan fingerprint density at radius 2 is 1.73 bits per heavy atom. The van der Waals surface area contributed by atoms with E-state index in [1.165, 1.54) is 28.7 Å². The maximum atomic E-state index is 12.4. The third-order valence-electron chi connectivity index (χ3n) is 7.58. The van der Waals surface area contributed by atoms with Gasteiger partial charge in [-0.1, -0.05) is 36.4 Å². The van der Waals surface area contributed by atoms with Crippen molar-refractivity contribution < 1.29 is 14.8 Å². The molecule has 2 saturated carbocycles. The number of amides is 1. The van der Waals surface area contributed by atoms with E-state index in [9.17, 15) is 14.8 Å². The highest BCUT2D eigenvalue weighted by molar-refractivity contribution is 7.59. The zero-order valence-electron chi connectivity index (χ0n) is 17.8. The van der Waals surface area contributed by atoms with E-state index in [1.807, 2.05) is 17.6 Å². The zero-order valence-corrected chi connectivity index (χ0v) is 18.7. The average molecular weight is 423 g/mol. The van der Waals surface area contributed by atoms with Crippen molar-refractivity contribution in [2.45, 2.75) is 50.5 Å². The minimum absolute atomic E-state index is 0.0462. The minimum atomic E-state index is -1.09. The molecular weight excluding hydrogens is 393 g/mol. The molecule has 0 aromatic heterocycles. The third-order valence-corrected chi connectivity index (χ3v) is 8.60. The van der Waals surface area contributed by atoms with E-state index in [1.54, 1.807) is 0 Å². The van der Waals surface area contributed by atoms with Gasteiger partial charge in [0.05, 0.1) is 8.15 Å². The van der Waals surface area contributed by atoms with E-state index in [0.29, 0.717) is 24.2 Å². The second-order valence-corrected chi connectivity index (χ2v) is 11.2. The lowest BCUT2D eigenvalue weighted by Gasteiger charge is -2.34. The van der Waals surface area contributed by atoms with Crippen molar-refractivity contribution >= 4 is 19.4 Å². The van der Waals surface area contributed by atoms with Gasteiger partial charge in [-0.25, -0.2) is 0 Å². The molecule has 2 aromatic rings. The van der Waals surface area contributed by atoms with Gasteiger partial charge in [0.25, 0.3) is 5.91 Å². The Morgan fingerprint density at radius 3 is 2.33 bits per heavy atom. The van der Waals surface area contributed by atoms with Crippen LogP contribution < -0.4 is 5.30 Å². The monoisotopic (exact) mass is 423 g/mol. The fraction of sp³-hybridized carbons (Fsp3) is 0.480. The topological polar surface area (TPSA) is 60.8 Å². The molecule has 1 amide bonds. The van der Waals surface area contributed by atoms with Gasteiger partial charge in [0, 0.05) is 18.4 Å². The number of carbonyl (C=O) groups excluding carboxylic acids is 1. The Bertz CT molecular complexity index is 972. The van der Waals surface area contributed by atoms with Crippen LogP contribution in [0.1, 0.15) is 49.1 Å². The standard InChI is InChI=1S/C25H30NO3P/c1-17-3-8-20(30(2)29)15-21(17)18-4-6-19(7-5-18)22-16-24(22)11-13-26(14-12-24)23(27)25(28)9-10-25/h3-8,15,22,28-29H,9-14,16H2,1-2H3. The Morgan fingerprint density at radius 1 is 1.07 bits per heavy atom. The molecule has 2 N–H and O–H groups in total. The maximum Gasteiger partial charge on any atom is 0.254 e. The van der Waals surface area contributed by atoms with Crippen LogP contribution in [-0.4, -0.2) is 46.2 Å². The van der Waals surface area contributed by atoms with E-state index in [2.05, 4.69) is 43.3 Å². The van der Waals surface area contributed by atoms with Gasteiger partial charge in [-0.15, -0.1) is 0 Å². The number of likely N-dealkylation sites (tertiary alicyclic amines) is 1. The van der Waals surface area contributed by atoms with Crippen molar-refractivity contribution in [2.24, 2.45) is 5.41 Å². The third kappa shape index (κ3) is 3.49. The van der Waals surface area contributed by atoms with Gasteiger partial charge < -0.3 is 14.9 Å². The molecule has 5 rings (SSSR count). The number of hydrogen-bond donors (Lipinski definition) is 2. The summed E-state index contributed by atoms with van der Waals surface area (Å²) in [6.45, 7) is 5.54. The lowest BCUT2D eigenvalue weighted by molar-refractivity contribution is -0.144. The molecule has 1 heterocycles. The number of aryl methyl sites for hydroxylation is 1. The summed E-state index contributed by atoms with van der Waals surface area (Å²) in [6.07, 6.45) is 4.54. The number of benzene rings is 2. The molecule has 2 aromatic carbocycles. The van der Waals surface area contributed by atoms with Crippen molar-refractivity contribution in [3.63, 3.8) is 0 Å². The molecule has 2 unspecified atom stereocenters. The SMILES string of the molecule is Cc1ccc(P(C)O)cc1-c1ccc(C2CC23CCN(C(=O)C2(O)CC2)CC3)cc1. The van der Waals surface area contributed by atoms with Crippen LogP contribution in [0.2, 0.25) is 0 Å². The fourth-order valence-corrected chi connectivity index (χ4v) is 5.78. The Labute approximate surface area is 179 Å². The van der Waals surface area contributed by atoms with Crippen molar-refractivity contribution in [1.82, 2.24) is 4.90 Å². The number of aliphatic hydroxyl groups is 1. The molecule has 0 radical (unpaired) electrons. The lowest BCUT2D eigenvalue weighted by Crippen LogP contribution is -2.45. The summed E-state index contributed by atoms with van der Waals surface area (Å²) in [5.41, 5.74) is 4.32. The van der Waals surface area contributed by atoms with Crippen molar-refractivity contribution in [3.05, 3.63) is 53.6 Å². The van der Waals surface area contributed by atoms with Gasteiger partial charge in [-0.3, -0.25) is 4.79 Å². The highest BCUT2D eigenvalue weighted by Gasteiger charge is 2.57. The van der Waals surface area contributed by atoms with Gasteiger partial charge >= 0.3 is 0 Å². The van der Waals surface area contributed by atoms with Gasteiger partial charge in [0.2, 0.25) is 0 Å². The molecule has 1 spiro atoms. The molecule has 2 aliphatic carbocycles. The van der Waals surface area contributed by atoms with E-state index < -0.39 is 13.7 Å². The summed E-state index contributed by atoms with van der Waals surface area (Å²) in [5, 5.41) is 11.1. The molecule has 30 heavy (non-hydrogen) atoms. The molecule has 0 bridgehead atoms. The van der Waals surface area contributed by atoms with Crippen LogP contribution in [0.15, 0.2) is 42.5 Å². The maximum absolute atomic E-state index is 12.4. The minimum Gasteiger partial charge on any atom is -0.380 e. The van der Waals surface area contributed by atoms with Crippen LogP contribution in [0.25, 0.3) is 11.1 Å². The smallest absolute Gasteiger partial charge is 0.254 e. The second kappa shape index (κ2) is 7.15. The normalized spacial score (nSPS) is 24.5. The van der Waals surface area contributed by atoms with Crippen LogP contribution in [0.4, 0.5) is 0 Å². The first-order valence-electron chi connectivity index (χ1n) is 11.0. The summed E-state index contributed by atoms with van der Waals surface area (Å²) in [5.74, 6) is 0.538. The van der Waals surface area contributed by atoms with Crippen molar-refractivity contribution in [3.8, 4) is 11.1 Å². The summed E-state index contributed by atoms with van der Waals surface area (Å²) in [6, 6.07) is 15.2. The number of piperidine rings is 1. The molecule has 2 atom stereocenters. The molecule has 5 heteroatoms. The predicted octanol–water partition coefficient (Wildman–Crippen LogP) is 3.93. The first kappa shape index (κ1) is 20.2. The van der Waals surface area contributed by atoms with Crippen LogP contribution in [-0.2, 0) is 4.79 Å². The molecular formula is C25H30NO3P. The lowest BCUT2D eigenvalue weighted by atomic mass is 9.88. The zero-order chi connectivity index (χ0) is 21.1. The Balaban J connectivity index is 1.27. The second-order valence-electron chi connectivity index (χ2n) is 9.59. The molecule has 3 fully saturated rings. The number of nitrogens with zero attached hydrogens (tertiary/aromatic N) is 1. The molecule has 1 saturated heterocycles. The largest absolute Gasteiger partial charge is 0.380 e. The number of hydrogen-bond acceptors (Lipinski definition) is 3. The van der Waals surface area contributed by atoms with Crippen molar-refractivity contribution in [2.75, 3.05) is 19.8 Å². The van der Waals surface area contributed by atoms with Crippen LogP contribution in [0.5, 0.6) is 0 Å². The molecule has 4 nitrogen and oxygen atoms in total. The molecule has 3 aliphatic rings. The summed E-state index contributed by atoms with van der Waals surface area (Å²) in [7, 11) is -1.09. The van der Waals surface area contributed by atoms with E-state index >= 15 is 0 Å². The molecule has 1 aliphatic heterocycles. The van der Waals surface area contributed by atoms with Crippen LogP contribution in [0.3, 0.4) is 0 Å². The Hall–Kier alpha value is -1.74. The summed E-state index contributed by atoms with van der Waals surface area (Å²) in [4.78, 5) is 24.3. The van der Waals surface area contributed by atoms with E-state index in [-0.39, 0.29) is 5.91 Å². The number of rotatable bonds is 4. The number of carbonyl (C=O) groups is 1. The first-order chi connectivity index (χ1) is 14.3. The first-order valence-corrected chi connectivity index (χ1v) is 12.7. The fourth-order valence-electron chi connectivity index (χ4n) is 5.17. The van der Waals surface area contributed by atoms with Crippen LogP contribution in [0, 0.1) is 12.3 Å². The summed E-state index contributed by atoms with van der Waals surface area (Å²) < 4.78 is 0. The highest BCUT2D eigenvalue weighted by atomic mass is 31.1. The van der Waals surface area contributed by atoms with Gasteiger partial charge in [0.1, 0.15) is 5.60 Å². The quantitative estimate of drug-likeness (QED) is 0.733.